The molecule has 0 unspecified atom stereocenters. The maximum atomic E-state index is 5.40. The van der Waals surface area contributed by atoms with Gasteiger partial charge in [-0.3, -0.25) is 10.1 Å². The Balaban J connectivity index is 2.11. The number of nitrogens with zero attached hydrogens (tertiary/aromatic N) is 3. The highest BCUT2D eigenvalue weighted by Crippen LogP contribution is 2.01. The van der Waals surface area contributed by atoms with Gasteiger partial charge < -0.3 is 5.73 Å². The lowest BCUT2D eigenvalue weighted by atomic mass is 10.3. The van der Waals surface area contributed by atoms with Crippen LogP contribution < -0.4 is 5.73 Å². The fraction of sp³-hybridized carbons (Fsp3) is 0.222. The molecule has 72 valence electrons. The lowest BCUT2D eigenvalue weighted by Crippen LogP contribution is -1.98. The van der Waals surface area contributed by atoms with Crippen LogP contribution in [0, 0.1) is 0 Å². The van der Waals surface area contributed by atoms with E-state index < -0.39 is 0 Å². The number of H-pyrrole nitrogens is 1. The molecule has 2 heterocycles. The average molecular weight is 189 g/mol. The van der Waals surface area contributed by atoms with E-state index in [1.54, 1.807) is 6.20 Å². The summed E-state index contributed by atoms with van der Waals surface area (Å²) in [6, 6.07) is 5.78. The predicted octanol–water partition coefficient (Wildman–Crippen LogP) is 0.249. The van der Waals surface area contributed by atoms with Crippen LogP contribution >= 0.6 is 0 Å². The average Bonchev–Trinajstić information content (AvgIpc) is 2.67. The summed E-state index contributed by atoms with van der Waals surface area (Å²) in [5.41, 5.74) is 6.36. The van der Waals surface area contributed by atoms with Crippen LogP contribution in [0.4, 0.5) is 0 Å². The van der Waals surface area contributed by atoms with Gasteiger partial charge in [-0.25, -0.2) is 4.98 Å². The van der Waals surface area contributed by atoms with Crippen LogP contribution in [-0.2, 0) is 13.0 Å². The summed E-state index contributed by atoms with van der Waals surface area (Å²) >= 11 is 0. The van der Waals surface area contributed by atoms with Crippen molar-refractivity contribution >= 4 is 0 Å². The monoisotopic (exact) mass is 189 g/mol. The van der Waals surface area contributed by atoms with E-state index in [1.165, 1.54) is 0 Å². The largest absolute Gasteiger partial charge is 0.324 e. The summed E-state index contributed by atoms with van der Waals surface area (Å²) in [6.45, 7) is 0.360. The molecular weight excluding hydrogens is 178 g/mol. The first-order chi connectivity index (χ1) is 6.88. The molecule has 3 N–H and O–H groups in total. The zero-order valence-corrected chi connectivity index (χ0v) is 7.64. The Bertz CT molecular complexity index is 395. The molecule has 14 heavy (non-hydrogen) atoms. The zero-order chi connectivity index (χ0) is 9.80. The van der Waals surface area contributed by atoms with Crippen LogP contribution in [0.5, 0.6) is 0 Å². The molecule has 2 rings (SSSR count). The molecule has 2 aromatic rings. The molecule has 0 aliphatic rings. The zero-order valence-electron chi connectivity index (χ0n) is 7.64. The highest BCUT2D eigenvalue weighted by molar-refractivity contribution is 5.09. The molecule has 0 amide bonds. The number of rotatable bonds is 3. The van der Waals surface area contributed by atoms with Gasteiger partial charge in [-0.15, -0.1) is 0 Å². The van der Waals surface area contributed by atoms with Crippen molar-refractivity contribution in [1.29, 1.82) is 0 Å². The van der Waals surface area contributed by atoms with Gasteiger partial charge in [-0.2, -0.15) is 5.10 Å². The predicted molar refractivity (Wildman–Crippen MR) is 51.3 cm³/mol. The lowest BCUT2D eigenvalue weighted by molar-refractivity contribution is 0.915. The highest BCUT2D eigenvalue weighted by Gasteiger charge is 2.02. The molecule has 2 aromatic heterocycles. The second-order valence-corrected chi connectivity index (χ2v) is 2.90. The third-order valence-electron chi connectivity index (χ3n) is 1.84. The SMILES string of the molecule is NCc1n[nH]c(Cc2ccccn2)n1. The summed E-state index contributed by atoms with van der Waals surface area (Å²) in [5, 5.41) is 6.77. The third-order valence-corrected chi connectivity index (χ3v) is 1.84. The Morgan fingerprint density at radius 2 is 2.29 bits per heavy atom. The number of hydrogen-bond donors (Lipinski definition) is 2. The van der Waals surface area contributed by atoms with E-state index in [0.29, 0.717) is 18.8 Å². The second kappa shape index (κ2) is 3.97. The van der Waals surface area contributed by atoms with E-state index in [2.05, 4.69) is 20.2 Å². The fourth-order valence-electron chi connectivity index (χ4n) is 1.18. The summed E-state index contributed by atoms with van der Waals surface area (Å²) in [7, 11) is 0. The maximum Gasteiger partial charge on any atom is 0.164 e. The minimum absolute atomic E-state index is 0.360. The van der Waals surface area contributed by atoms with Gasteiger partial charge >= 0.3 is 0 Å². The van der Waals surface area contributed by atoms with Gasteiger partial charge in [0, 0.05) is 18.3 Å². The molecule has 0 spiro atoms. The second-order valence-electron chi connectivity index (χ2n) is 2.90. The van der Waals surface area contributed by atoms with E-state index in [1.807, 2.05) is 18.2 Å². The van der Waals surface area contributed by atoms with Gasteiger partial charge in [0.1, 0.15) is 5.82 Å². The number of pyridine rings is 1. The first kappa shape index (κ1) is 8.83. The summed E-state index contributed by atoms with van der Waals surface area (Å²) in [6.07, 6.45) is 2.42. The van der Waals surface area contributed by atoms with E-state index in [-0.39, 0.29) is 0 Å². The number of aromatic nitrogens is 4. The summed E-state index contributed by atoms with van der Waals surface area (Å²) < 4.78 is 0. The fourth-order valence-corrected chi connectivity index (χ4v) is 1.18. The van der Waals surface area contributed by atoms with E-state index in [4.69, 9.17) is 5.73 Å². The first-order valence-corrected chi connectivity index (χ1v) is 4.38. The highest BCUT2D eigenvalue weighted by atomic mass is 15.2. The molecule has 0 fully saturated rings. The van der Waals surface area contributed by atoms with Crippen molar-refractivity contribution < 1.29 is 0 Å². The van der Waals surface area contributed by atoms with Crippen molar-refractivity contribution in [3.05, 3.63) is 41.7 Å². The smallest absolute Gasteiger partial charge is 0.164 e. The molecule has 0 aliphatic carbocycles. The van der Waals surface area contributed by atoms with Gasteiger partial charge in [-0.1, -0.05) is 6.07 Å². The van der Waals surface area contributed by atoms with Crippen LogP contribution in [0.2, 0.25) is 0 Å². The normalized spacial score (nSPS) is 10.4. The third kappa shape index (κ3) is 1.94. The minimum atomic E-state index is 0.360. The van der Waals surface area contributed by atoms with Gasteiger partial charge in [0.2, 0.25) is 0 Å². The van der Waals surface area contributed by atoms with Crippen molar-refractivity contribution in [3.8, 4) is 0 Å². The topological polar surface area (TPSA) is 80.5 Å². The van der Waals surface area contributed by atoms with Crippen molar-refractivity contribution in [2.24, 2.45) is 5.73 Å². The first-order valence-electron chi connectivity index (χ1n) is 4.38. The van der Waals surface area contributed by atoms with Crippen LogP contribution in [0.15, 0.2) is 24.4 Å². The Labute approximate surface area is 81.4 Å². The van der Waals surface area contributed by atoms with Crippen LogP contribution in [0.3, 0.4) is 0 Å². The van der Waals surface area contributed by atoms with E-state index in [0.717, 1.165) is 11.5 Å². The molecule has 0 radical (unpaired) electrons. The number of aromatic amines is 1. The van der Waals surface area contributed by atoms with Crippen molar-refractivity contribution in [3.63, 3.8) is 0 Å². The maximum absolute atomic E-state index is 5.40. The lowest BCUT2D eigenvalue weighted by Gasteiger charge is -1.94. The van der Waals surface area contributed by atoms with Gasteiger partial charge in [-0.05, 0) is 12.1 Å². The molecule has 0 aromatic carbocycles. The van der Waals surface area contributed by atoms with Crippen molar-refractivity contribution in [2.45, 2.75) is 13.0 Å². The molecule has 0 atom stereocenters. The Kier molecular flexibility index (Phi) is 2.51. The molecule has 0 saturated heterocycles. The van der Waals surface area contributed by atoms with Gasteiger partial charge in [0.25, 0.3) is 0 Å². The van der Waals surface area contributed by atoms with Crippen LogP contribution in [-0.4, -0.2) is 20.2 Å². The number of nitrogens with two attached hydrogens (primary N) is 1. The van der Waals surface area contributed by atoms with Gasteiger partial charge in [0.15, 0.2) is 5.82 Å². The molecule has 0 saturated carbocycles. The Morgan fingerprint density at radius 3 is 2.93 bits per heavy atom. The minimum Gasteiger partial charge on any atom is -0.324 e. The van der Waals surface area contributed by atoms with Crippen LogP contribution in [0.1, 0.15) is 17.3 Å². The molecule has 0 bridgehead atoms. The standard InChI is InChI=1S/C9H11N5/c10-6-9-12-8(13-14-9)5-7-3-1-2-4-11-7/h1-4H,5-6,10H2,(H,12,13,14). The van der Waals surface area contributed by atoms with Crippen molar-refractivity contribution in [1.82, 2.24) is 20.2 Å². The van der Waals surface area contributed by atoms with Crippen LogP contribution in [0.25, 0.3) is 0 Å². The van der Waals surface area contributed by atoms with E-state index in [9.17, 15) is 0 Å². The molecule has 5 heteroatoms. The molecule has 0 aliphatic heterocycles. The quantitative estimate of drug-likeness (QED) is 0.725. The molecule has 5 nitrogen and oxygen atoms in total. The number of hydrogen-bond acceptors (Lipinski definition) is 4. The Morgan fingerprint density at radius 1 is 1.36 bits per heavy atom. The number of nitrogens with one attached hydrogen (secondary N) is 1. The Hall–Kier alpha value is -1.75. The van der Waals surface area contributed by atoms with Crippen molar-refractivity contribution in [2.75, 3.05) is 0 Å². The van der Waals surface area contributed by atoms with E-state index >= 15 is 0 Å². The molecular formula is C9H11N5. The summed E-state index contributed by atoms with van der Waals surface area (Å²) in [5.74, 6) is 1.43. The van der Waals surface area contributed by atoms with Gasteiger partial charge in [0.05, 0.1) is 6.54 Å². The summed E-state index contributed by atoms with van der Waals surface area (Å²) in [4.78, 5) is 8.38.